The highest BCUT2D eigenvalue weighted by molar-refractivity contribution is 6.95. The zero-order valence-corrected chi connectivity index (χ0v) is 27.5. The molecule has 11 heteroatoms. The van der Waals surface area contributed by atoms with E-state index in [1.165, 1.54) is 5.19 Å². The molecule has 0 N–H and O–H groups in total. The minimum absolute atomic E-state index is 0.286. The van der Waals surface area contributed by atoms with E-state index in [0.29, 0.717) is 38.6 Å². The summed E-state index contributed by atoms with van der Waals surface area (Å²) in [6.07, 6.45) is 3.82. The lowest BCUT2D eigenvalue weighted by Crippen LogP contribution is -2.63. The molecule has 0 amide bonds. The lowest BCUT2D eigenvalue weighted by atomic mass is 10.4. The van der Waals surface area contributed by atoms with Crippen LogP contribution in [0.4, 0.5) is 0 Å². The van der Waals surface area contributed by atoms with Gasteiger partial charge in [0, 0.05) is 19.8 Å². The van der Waals surface area contributed by atoms with Gasteiger partial charge in [-0.1, -0.05) is 30.3 Å². The highest BCUT2D eigenvalue weighted by Gasteiger charge is 2.48. The predicted molar refractivity (Wildman–Crippen MR) is 159 cm³/mol. The van der Waals surface area contributed by atoms with Crippen molar-refractivity contribution in [2.45, 2.75) is 81.9 Å². The fourth-order valence-corrected chi connectivity index (χ4v) is 18.7. The average Bonchev–Trinajstić information content (AvgIpc) is 3.73. The second-order valence-electron chi connectivity index (χ2n) is 12.2. The van der Waals surface area contributed by atoms with Crippen molar-refractivity contribution in [3.8, 4) is 0 Å². The first-order valence-corrected chi connectivity index (χ1v) is 23.0. The number of hydrogen-bond acceptors (Lipinski definition) is 8. The number of benzene rings is 1. The summed E-state index contributed by atoms with van der Waals surface area (Å²) in [7, 11) is -6.89. The molecule has 3 atom stereocenters. The molecule has 222 valence electrons. The second-order valence-corrected chi connectivity index (χ2v) is 24.5. The lowest BCUT2D eigenvalue weighted by Gasteiger charge is -2.43. The summed E-state index contributed by atoms with van der Waals surface area (Å²) in [5.41, 5.74) is 0. The average molecular weight is 599 g/mol. The van der Waals surface area contributed by atoms with Crippen LogP contribution in [0.2, 0.25) is 44.3 Å². The van der Waals surface area contributed by atoms with E-state index < -0.39 is 25.2 Å². The topological polar surface area (TPSA) is 83.7 Å². The van der Waals surface area contributed by atoms with Gasteiger partial charge in [-0.2, -0.15) is 0 Å². The molecule has 0 spiro atoms. The Morgan fingerprint density at radius 3 is 1.38 bits per heavy atom. The van der Waals surface area contributed by atoms with Crippen LogP contribution in [0.3, 0.4) is 0 Å². The van der Waals surface area contributed by atoms with Gasteiger partial charge < -0.3 is 36.7 Å². The van der Waals surface area contributed by atoms with Gasteiger partial charge in [-0.25, -0.2) is 0 Å². The standard InChI is InChI=1S/C28H50O8Si3/c1-37(2,16-8-13-29-19-25-22-32-25)35-39(28-11-6-5-7-12-28,18-10-15-31-21-27-24-34-27)36-38(3,4)17-9-14-30-20-26-23-33-26/h5-7,11-12,25-27H,8-10,13-24H2,1-4H3. The maximum absolute atomic E-state index is 7.38. The van der Waals surface area contributed by atoms with Gasteiger partial charge in [0.15, 0.2) is 16.6 Å². The minimum atomic E-state index is -2.77. The fraction of sp³-hybridized carbons (Fsp3) is 0.786. The smallest absolute Gasteiger partial charge is 0.352 e. The van der Waals surface area contributed by atoms with Crippen molar-refractivity contribution in [3.63, 3.8) is 0 Å². The summed E-state index contributed by atoms with van der Waals surface area (Å²) in [4.78, 5) is 0. The van der Waals surface area contributed by atoms with Crippen molar-refractivity contribution in [2.24, 2.45) is 0 Å². The predicted octanol–water partition coefficient (Wildman–Crippen LogP) is 4.20. The largest absolute Gasteiger partial charge is 0.433 e. The Kier molecular flexibility index (Phi) is 12.2. The molecule has 3 fully saturated rings. The summed E-state index contributed by atoms with van der Waals surface area (Å²) in [5, 5.41) is 1.24. The Balaban J connectivity index is 1.40. The van der Waals surface area contributed by atoms with Gasteiger partial charge in [0.2, 0.25) is 0 Å². The Bertz CT molecular complexity index is 795. The molecule has 0 aliphatic carbocycles. The third-order valence-corrected chi connectivity index (χ3v) is 19.5. The summed E-state index contributed by atoms with van der Waals surface area (Å²) >= 11 is 0. The second kappa shape index (κ2) is 15.1. The van der Waals surface area contributed by atoms with E-state index in [1.807, 2.05) is 0 Å². The molecular formula is C28H50O8Si3. The zero-order chi connectivity index (χ0) is 27.6. The van der Waals surface area contributed by atoms with E-state index >= 15 is 0 Å². The highest BCUT2D eigenvalue weighted by atomic mass is 28.5. The van der Waals surface area contributed by atoms with Crippen molar-refractivity contribution < 1.29 is 36.7 Å². The van der Waals surface area contributed by atoms with Crippen LogP contribution in [0, 0.1) is 0 Å². The van der Waals surface area contributed by atoms with Crippen LogP contribution in [0.15, 0.2) is 30.3 Å². The Labute approximate surface area is 238 Å². The third kappa shape index (κ3) is 12.5. The number of hydrogen-bond donors (Lipinski definition) is 0. The summed E-state index contributed by atoms with van der Waals surface area (Å²) in [6, 6.07) is 13.7. The SMILES string of the molecule is C[Si](C)(CCCOCC1CO1)O[Si](CCCOCC1CO1)(O[Si](C)(C)CCCOCC1CO1)c1ccccc1. The van der Waals surface area contributed by atoms with Gasteiger partial charge in [0.05, 0.1) is 39.6 Å². The normalized spacial score (nSPS) is 23.9. The van der Waals surface area contributed by atoms with Crippen LogP contribution in [0.25, 0.3) is 0 Å². The lowest BCUT2D eigenvalue weighted by molar-refractivity contribution is 0.115. The molecule has 8 nitrogen and oxygen atoms in total. The summed E-state index contributed by atoms with van der Waals surface area (Å²) in [6.45, 7) is 16.2. The van der Waals surface area contributed by atoms with Crippen LogP contribution < -0.4 is 5.19 Å². The van der Waals surface area contributed by atoms with Crippen molar-refractivity contribution in [2.75, 3.05) is 59.5 Å². The first-order valence-electron chi connectivity index (χ1n) is 14.8. The molecule has 3 aliphatic heterocycles. The van der Waals surface area contributed by atoms with E-state index in [4.69, 9.17) is 36.7 Å². The van der Waals surface area contributed by atoms with E-state index in [1.54, 1.807) is 0 Å². The van der Waals surface area contributed by atoms with Gasteiger partial charge in [0.25, 0.3) is 0 Å². The molecule has 3 aliphatic rings. The van der Waals surface area contributed by atoms with Crippen LogP contribution in [0.5, 0.6) is 0 Å². The quantitative estimate of drug-likeness (QED) is 0.105. The number of epoxide rings is 3. The Hall–Kier alpha value is -0.449. The van der Waals surface area contributed by atoms with Crippen molar-refractivity contribution in [3.05, 3.63) is 30.3 Å². The van der Waals surface area contributed by atoms with Gasteiger partial charge in [-0.05, 0) is 68.8 Å². The van der Waals surface area contributed by atoms with Crippen LogP contribution >= 0.6 is 0 Å². The minimum Gasteiger partial charge on any atom is -0.433 e. The molecule has 0 aromatic heterocycles. The molecule has 3 unspecified atom stereocenters. The highest BCUT2D eigenvalue weighted by Crippen LogP contribution is 2.30. The maximum Gasteiger partial charge on any atom is 0.352 e. The Morgan fingerprint density at radius 1 is 0.615 bits per heavy atom. The molecule has 39 heavy (non-hydrogen) atoms. The van der Waals surface area contributed by atoms with Crippen molar-refractivity contribution >= 4 is 30.4 Å². The molecule has 0 saturated carbocycles. The Morgan fingerprint density at radius 2 is 1.00 bits per heavy atom. The molecule has 0 radical (unpaired) electrons. The first-order chi connectivity index (χ1) is 18.8. The number of rotatable bonds is 23. The molecule has 3 saturated heterocycles. The van der Waals surface area contributed by atoms with E-state index in [9.17, 15) is 0 Å². The third-order valence-electron chi connectivity index (χ3n) is 7.14. The van der Waals surface area contributed by atoms with Crippen molar-refractivity contribution in [1.29, 1.82) is 0 Å². The van der Waals surface area contributed by atoms with E-state index in [-0.39, 0.29) is 6.10 Å². The van der Waals surface area contributed by atoms with Crippen LogP contribution in [0.1, 0.15) is 19.3 Å². The van der Waals surface area contributed by atoms with Gasteiger partial charge in [0.1, 0.15) is 18.3 Å². The zero-order valence-electron chi connectivity index (χ0n) is 24.5. The molecular weight excluding hydrogens is 549 g/mol. The molecule has 4 rings (SSSR count). The molecule has 1 aromatic rings. The van der Waals surface area contributed by atoms with E-state index in [0.717, 1.165) is 70.4 Å². The molecule has 3 heterocycles. The van der Waals surface area contributed by atoms with Gasteiger partial charge in [-0.15, -0.1) is 0 Å². The van der Waals surface area contributed by atoms with Gasteiger partial charge in [-0.3, -0.25) is 0 Å². The maximum atomic E-state index is 7.38. The van der Waals surface area contributed by atoms with Crippen LogP contribution in [-0.4, -0.2) is 103 Å². The number of ether oxygens (including phenoxy) is 6. The van der Waals surface area contributed by atoms with Crippen molar-refractivity contribution in [1.82, 2.24) is 0 Å². The monoisotopic (exact) mass is 598 g/mol. The van der Waals surface area contributed by atoms with Crippen LogP contribution in [-0.2, 0) is 36.7 Å². The summed E-state index contributed by atoms with van der Waals surface area (Å²) < 4.78 is 48.2. The molecule has 0 bridgehead atoms. The fourth-order valence-electron chi connectivity index (χ4n) is 4.82. The van der Waals surface area contributed by atoms with Gasteiger partial charge >= 0.3 is 8.56 Å². The summed E-state index contributed by atoms with van der Waals surface area (Å²) in [5.74, 6) is 0. The molecule has 1 aromatic carbocycles. The first kappa shape index (κ1) is 31.5. The van der Waals surface area contributed by atoms with E-state index in [2.05, 4.69) is 56.5 Å².